The molecule has 2 aromatic carbocycles. The van der Waals surface area contributed by atoms with Gasteiger partial charge in [-0.1, -0.05) is 48.5 Å². The summed E-state index contributed by atoms with van der Waals surface area (Å²) in [5, 5.41) is 22.3. The molecule has 7 nitrogen and oxygen atoms in total. The topological polar surface area (TPSA) is 97.0 Å². The zero-order valence-electron chi connectivity index (χ0n) is 17.8. The van der Waals surface area contributed by atoms with Gasteiger partial charge in [0.05, 0.1) is 11.6 Å². The highest BCUT2D eigenvalue weighted by Gasteiger charge is 2.45. The van der Waals surface area contributed by atoms with Gasteiger partial charge < -0.3 is 20.3 Å². The van der Waals surface area contributed by atoms with Crippen LogP contribution in [0.2, 0.25) is 0 Å². The van der Waals surface area contributed by atoms with Crippen molar-refractivity contribution in [2.24, 2.45) is 0 Å². The van der Waals surface area contributed by atoms with Crippen LogP contribution in [-0.2, 0) is 12.0 Å². The number of hydrogen-bond acceptors (Lipinski definition) is 4. The minimum absolute atomic E-state index is 0.266. The number of para-hydroxylation sites is 1. The van der Waals surface area contributed by atoms with E-state index < -0.39 is 11.6 Å². The largest absolute Gasteiger partial charge is 0.389 e. The van der Waals surface area contributed by atoms with Crippen molar-refractivity contribution in [2.75, 3.05) is 19.6 Å². The molecular weight excluding hydrogens is 402 g/mol. The summed E-state index contributed by atoms with van der Waals surface area (Å²) in [5.41, 5.74) is 2.88. The average molecular weight is 430 g/mol. The Kier molecular flexibility index (Phi) is 5.51. The van der Waals surface area contributed by atoms with Crippen LogP contribution in [0, 0.1) is 0 Å². The number of benzene rings is 2. The standard InChI is InChI=1S/C25H27N5O2/c31-23-17-30(14-11-18-16-26-21-9-5-4-8-20(18)21)15-12-25(23,19-6-2-1-3-7-19)28-24(32)22-10-13-27-29-22/h1-10,13,16,23,26,31H,11-12,14-15,17H2,(H,27,29)(H,28,32)/t23-,25+/m1/s1. The second-order valence-corrected chi connectivity index (χ2v) is 8.44. The number of hydrogen-bond donors (Lipinski definition) is 4. The maximum absolute atomic E-state index is 12.9. The Morgan fingerprint density at radius 2 is 1.97 bits per heavy atom. The lowest BCUT2D eigenvalue weighted by Crippen LogP contribution is -2.62. The highest BCUT2D eigenvalue weighted by molar-refractivity contribution is 5.92. The van der Waals surface area contributed by atoms with E-state index in [4.69, 9.17) is 0 Å². The number of carbonyl (C=O) groups excluding carboxylic acids is 1. The molecule has 0 aliphatic carbocycles. The Balaban J connectivity index is 1.32. The van der Waals surface area contributed by atoms with Crippen LogP contribution in [0.15, 0.2) is 73.1 Å². The van der Waals surface area contributed by atoms with Crippen molar-refractivity contribution in [2.45, 2.75) is 24.5 Å². The number of piperidine rings is 1. The molecule has 4 N–H and O–H groups in total. The number of nitrogens with zero attached hydrogens (tertiary/aromatic N) is 2. The Hall–Kier alpha value is -3.42. The molecule has 0 saturated carbocycles. The first-order valence-corrected chi connectivity index (χ1v) is 11.0. The van der Waals surface area contributed by atoms with Crippen LogP contribution in [0.4, 0.5) is 0 Å². The van der Waals surface area contributed by atoms with Gasteiger partial charge >= 0.3 is 0 Å². The maximum Gasteiger partial charge on any atom is 0.270 e. The van der Waals surface area contributed by atoms with Crippen molar-refractivity contribution in [3.8, 4) is 0 Å². The highest BCUT2D eigenvalue weighted by Crippen LogP contribution is 2.34. The number of aliphatic hydroxyl groups excluding tert-OH is 1. The molecular formula is C25H27N5O2. The molecule has 2 atom stereocenters. The molecule has 0 spiro atoms. The van der Waals surface area contributed by atoms with Crippen molar-refractivity contribution in [3.63, 3.8) is 0 Å². The summed E-state index contributed by atoms with van der Waals surface area (Å²) in [4.78, 5) is 18.5. The number of rotatable bonds is 6. The van der Waals surface area contributed by atoms with E-state index in [9.17, 15) is 9.90 Å². The first kappa shape index (κ1) is 20.5. The second kappa shape index (κ2) is 8.61. The first-order valence-electron chi connectivity index (χ1n) is 11.0. The molecule has 3 heterocycles. The lowest BCUT2D eigenvalue weighted by atomic mass is 9.78. The molecule has 0 radical (unpaired) electrons. The van der Waals surface area contributed by atoms with Gasteiger partial charge in [0.2, 0.25) is 0 Å². The molecule has 1 saturated heterocycles. The Labute approximate surface area is 186 Å². The molecule has 4 aromatic rings. The number of aliphatic hydroxyl groups is 1. The van der Waals surface area contributed by atoms with Crippen molar-refractivity contribution in [1.82, 2.24) is 25.4 Å². The SMILES string of the molecule is O=C(N[C@]1(c2ccccc2)CCN(CCc2c[nH]c3ccccc23)C[C@H]1O)c1ccn[nH]1. The molecule has 32 heavy (non-hydrogen) atoms. The van der Waals surface area contributed by atoms with Crippen LogP contribution in [0.5, 0.6) is 0 Å². The normalized spacial score (nSPS) is 21.6. The number of aromatic amines is 2. The van der Waals surface area contributed by atoms with Gasteiger partial charge in [-0.3, -0.25) is 9.89 Å². The molecule has 0 unspecified atom stereocenters. The van der Waals surface area contributed by atoms with Gasteiger partial charge in [0, 0.05) is 42.9 Å². The fraction of sp³-hybridized carbons (Fsp3) is 0.280. The number of carbonyl (C=O) groups is 1. The number of fused-ring (bicyclic) bond motifs is 1. The summed E-state index contributed by atoms with van der Waals surface area (Å²) in [5.74, 6) is -0.266. The minimum Gasteiger partial charge on any atom is -0.389 e. The van der Waals surface area contributed by atoms with E-state index in [-0.39, 0.29) is 5.91 Å². The fourth-order valence-electron chi connectivity index (χ4n) is 4.76. The highest BCUT2D eigenvalue weighted by atomic mass is 16.3. The molecule has 5 rings (SSSR count). The zero-order chi connectivity index (χ0) is 22.0. The minimum atomic E-state index is -0.846. The summed E-state index contributed by atoms with van der Waals surface area (Å²) < 4.78 is 0. The number of likely N-dealkylation sites (tertiary alicyclic amines) is 1. The molecule has 7 heteroatoms. The number of nitrogens with one attached hydrogen (secondary N) is 3. The Morgan fingerprint density at radius 1 is 1.16 bits per heavy atom. The third-order valence-electron chi connectivity index (χ3n) is 6.57. The van der Waals surface area contributed by atoms with E-state index in [1.165, 1.54) is 10.9 Å². The van der Waals surface area contributed by atoms with Gasteiger partial charge in [0.25, 0.3) is 5.91 Å². The monoisotopic (exact) mass is 429 g/mol. The van der Waals surface area contributed by atoms with Crippen molar-refractivity contribution in [1.29, 1.82) is 0 Å². The number of H-pyrrole nitrogens is 2. The van der Waals surface area contributed by atoms with E-state index >= 15 is 0 Å². The molecule has 0 bridgehead atoms. The third-order valence-corrected chi connectivity index (χ3v) is 6.57. The summed E-state index contributed by atoms with van der Waals surface area (Å²) in [7, 11) is 0. The predicted octanol–water partition coefficient (Wildman–Crippen LogP) is 2.83. The number of β-amino-alcohol motifs (C(OH)–C–C–N with tert-alkyl or cyclic N) is 1. The van der Waals surface area contributed by atoms with Crippen molar-refractivity contribution < 1.29 is 9.90 Å². The predicted molar refractivity (Wildman–Crippen MR) is 123 cm³/mol. The molecule has 1 aliphatic rings. The van der Waals surface area contributed by atoms with Crippen LogP contribution >= 0.6 is 0 Å². The van der Waals surface area contributed by atoms with Gasteiger partial charge in [-0.25, -0.2) is 0 Å². The second-order valence-electron chi connectivity index (χ2n) is 8.44. The van der Waals surface area contributed by atoms with E-state index in [1.54, 1.807) is 12.3 Å². The van der Waals surface area contributed by atoms with Crippen LogP contribution in [0.3, 0.4) is 0 Å². The van der Waals surface area contributed by atoms with Gasteiger partial charge in [-0.05, 0) is 36.1 Å². The van der Waals surface area contributed by atoms with Crippen molar-refractivity contribution >= 4 is 16.8 Å². The van der Waals surface area contributed by atoms with E-state index in [0.29, 0.717) is 18.7 Å². The lowest BCUT2D eigenvalue weighted by molar-refractivity contribution is -0.0152. The molecule has 1 aliphatic heterocycles. The smallest absolute Gasteiger partial charge is 0.270 e. The first-order chi connectivity index (χ1) is 15.7. The van der Waals surface area contributed by atoms with Crippen LogP contribution in [-0.4, -0.2) is 56.8 Å². The number of aromatic nitrogens is 3. The number of amides is 1. The summed E-state index contributed by atoms with van der Waals surface area (Å²) in [6.07, 6.45) is 4.40. The Bertz CT molecular complexity index is 1190. The zero-order valence-corrected chi connectivity index (χ0v) is 17.8. The molecule has 164 valence electrons. The van der Waals surface area contributed by atoms with Crippen LogP contribution in [0.25, 0.3) is 10.9 Å². The van der Waals surface area contributed by atoms with Gasteiger partial charge in [0.15, 0.2) is 0 Å². The average Bonchev–Trinajstić information content (AvgIpc) is 3.50. The quantitative estimate of drug-likeness (QED) is 0.379. The van der Waals surface area contributed by atoms with Crippen LogP contribution in [0.1, 0.15) is 28.0 Å². The Morgan fingerprint density at radius 3 is 2.75 bits per heavy atom. The van der Waals surface area contributed by atoms with Crippen molar-refractivity contribution in [3.05, 3.63) is 89.9 Å². The third kappa shape index (κ3) is 3.81. The lowest BCUT2D eigenvalue weighted by Gasteiger charge is -2.46. The summed E-state index contributed by atoms with van der Waals surface area (Å²) >= 11 is 0. The van der Waals surface area contributed by atoms with Crippen LogP contribution < -0.4 is 5.32 Å². The van der Waals surface area contributed by atoms with Gasteiger partial charge in [-0.2, -0.15) is 5.10 Å². The van der Waals surface area contributed by atoms with E-state index in [0.717, 1.165) is 30.6 Å². The van der Waals surface area contributed by atoms with Gasteiger partial charge in [0.1, 0.15) is 5.69 Å². The fourth-order valence-corrected chi connectivity index (χ4v) is 4.76. The van der Waals surface area contributed by atoms with E-state index in [1.807, 2.05) is 36.4 Å². The molecule has 1 fully saturated rings. The maximum atomic E-state index is 12.9. The summed E-state index contributed by atoms with van der Waals surface area (Å²) in [6, 6.07) is 19.7. The summed E-state index contributed by atoms with van der Waals surface area (Å²) in [6.45, 7) is 2.11. The molecule has 2 aromatic heterocycles. The molecule has 1 amide bonds. The van der Waals surface area contributed by atoms with E-state index in [2.05, 4.69) is 49.8 Å². The van der Waals surface area contributed by atoms with Gasteiger partial charge in [-0.15, -0.1) is 0 Å².